The Morgan fingerprint density at radius 1 is 1.42 bits per heavy atom. The minimum absolute atomic E-state index is 0.278. The van der Waals surface area contributed by atoms with Gasteiger partial charge in [0.05, 0.1) is 5.57 Å². The highest BCUT2D eigenvalue weighted by atomic mass is 16.4. The molecule has 0 heterocycles. The first-order valence-corrected chi connectivity index (χ1v) is 3.91. The van der Waals surface area contributed by atoms with Crippen LogP contribution in [0.3, 0.4) is 0 Å². The van der Waals surface area contributed by atoms with Crippen LogP contribution in [0, 0.1) is 0 Å². The monoisotopic (exact) mass is 168 g/mol. The van der Waals surface area contributed by atoms with Crippen LogP contribution in [0.2, 0.25) is 0 Å². The summed E-state index contributed by atoms with van der Waals surface area (Å²) in [6.45, 7) is 9.10. The molecule has 2 heteroatoms. The molecule has 12 heavy (non-hydrogen) atoms. The third kappa shape index (κ3) is 6.81. The Bertz CT molecular complexity index is 188. The second kappa shape index (κ2) is 9.69. The Morgan fingerprint density at radius 2 is 1.92 bits per heavy atom. The summed E-state index contributed by atoms with van der Waals surface area (Å²) in [6, 6.07) is 0. The van der Waals surface area contributed by atoms with Gasteiger partial charge in [0, 0.05) is 0 Å². The van der Waals surface area contributed by atoms with Crippen molar-refractivity contribution in [3.63, 3.8) is 0 Å². The van der Waals surface area contributed by atoms with Gasteiger partial charge in [-0.25, -0.2) is 4.79 Å². The molecule has 1 N–H and O–H groups in total. The van der Waals surface area contributed by atoms with E-state index in [0.29, 0.717) is 0 Å². The van der Waals surface area contributed by atoms with Crippen molar-refractivity contribution in [3.8, 4) is 0 Å². The van der Waals surface area contributed by atoms with Crippen molar-refractivity contribution in [3.05, 3.63) is 36.5 Å². The third-order valence-electron chi connectivity index (χ3n) is 0.970. The van der Waals surface area contributed by atoms with Gasteiger partial charge in [-0.2, -0.15) is 0 Å². The first-order valence-electron chi connectivity index (χ1n) is 3.91. The molecular weight excluding hydrogens is 152 g/mol. The molecule has 0 radical (unpaired) electrons. The molecule has 0 aromatic heterocycles. The number of allylic oxidation sites excluding steroid dienone is 3. The van der Waals surface area contributed by atoms with E-state index in [4.69, 9.17) is 5.11 Å². The van der Waals surface area contributed by atoms with Gasteiger partial charge < -0.3 is 5.11 Å². The van der Waals surface area contributed by atoms with Crippen molar-refractivity contribution in [1.82, 2.24) is 0 Å². The number of carbonyl (C=O) groups is 1. The lowest BCUT2D eigenvalue weighted by Gasteiger charge is -1.88. The molecule has 0 spiro atoms. The molecule has 68 valence electrons. The summed E-state index contributed by atoms with van der Waals surface area (Å²) in [5, 5.41) is 8.45. The van der Waals surface area contributed by atoms with E-state index < -0.39 is 5.97 Å². The zero-order valence-electron chi connectivity index (χ0n) is 7.87. The van der Waals surface area contributed by atoms with Gasteiger partial charge in [0.25, 0.3) is 0 Å². The van der Waals surface area contributed by atoms with E-state index in [1.807, 2.05) is 13.8 Å². The van der Waals surface area contributed by atoms with Crippen molar-refractivity contribution in [2.75, 3.05) is 0 Å². The third-order valence-corrected chi connectivity index (χ3v) is 0.970. The molecule has 0 saturated heterocycles. The highest BCUT2D eigenvalue weighted by Crippen LogP contribution is 1.95. The predicted molar refractivity (Wildman–Crippen MR) is 52.1 cm³/mol. The van der Waals surface area contributed by atoms with Crippen molar-refractivity contribution in [2.45, 2.75) is 20.8 Å². The lowest BCUT2D eigenvalue weighted by molar-refractivity contribution is -0.132. The lowest BCUT2D eigenvalue weighted by atomic mass is 10.2. The maximum absolute atomic E-state index is 10.3. The van der Waals surface area contributed by atoms with Gasteiger partial charge >= 0.3 is 5.97 Å². The van der Waals surface area contributed by atoms with Crippen LogP contribution in [0.15, 0.2) is 36.5 Å². The zero-order valence-corrected chi connectivity index (χ0v) is 7.87. The minimum atomic E-state index is -0.916. The fourth-order valence-corrected chi connectivity index (χ4v) is 0.463. The van der Waals surface area contributed by atoms with E-state index in [0.717, 1.165) is 0 Å². The first kappa shape index (κ1) is 13.3. The largest absolute Gasteiger partial charge is 0.478 e. The molecule has 0 aromatic carbocycles. The smallest absolute Gasteiger partial charge is 0.335 e. The second-order valence-electron chi connectivity index (χ2n) is 1.64. The fraction of sp³-hybridized carbons (Fsp3) is 0.300. The van der Waals surface area contributed by atoms with E-state index in [2.05, 4.69) is 6.58 Å². The van der Waals surface area contributed by atoms with E-state index in [1.165, 1.54) is 18.2 Å². The molecule has 0 bridgehead atoms. The quantitative estimate of drug-likeness (QED) is 0.519. The molecule has 0 atom stereocenters. The molecule has 0 aromatic rings. The number of carboxylic acids is 1. The van der Waals surface area contributed by atoms with Gasteiger partial charge in [-0.3, -0.25) is 0 Å². The fourth-order valence-electron chi connectivity index (χ4n) is 0.463. The van der Waals surface area contributed by atoms with Gasteiger partial charge in [0.1, 0.15) is 0 Å². The van der Waals surface area contributed by atoms with Crippen LogP contribution in [0.25, 0.3) is 0 Å². The molecule has 2 nitrogen and oxygen atoms in total. The number of hydrogen-bond donors (Lipinski definition) is 1. The van der Waals surface area contributed by atoms with Crippen LogP contribution in [0.1, 0.15) is 20.8 Å². The Morgan fingerprint density at radius 3 is 2.17 bits per heavy atom. The van der Waals surface area contributed by atoms with Gasteiger partial charge in [0.2, 0.25) is 0 Å². The molecule has 0 aliphatic rings. The lowest BCUT2D eigenvalue weighted by Crippen LogP contribution is -1.96. The topological polar surface area (TPSA) is 37.3 Å². The zero-order chi connectivity index (χ0) is 9.98. The molecular formula is C10H16O2. The van der Waals surface area contributed by atoms with Crippen molar-refractivity contribution >= 4 is 5.97 Å². The normalized spacial score (nSPS) is 10.4. The summed E-state index contributed by atoms with van der Waals surface area (Å²) in [7, 11) is 0. The number of hydrogen-bond acceptors (Lipinski definition) is 1. The Hall–Kier alpha value is -1.31. The van der Waals surface area contributed by atoms with Crippen LogP contribution < -0.4 is 0 Å². The minimum Gasteiger partial charge on any atom is -0.478 e. The van der Waals surface area contributed by atoms with Crippen LogP contribution >= 0.6 is 0 Å². The maximum Gasteiger partial charge on any atom is 0.335 e. The highest BCUT2D eigenvalue weighted by molar-refractivity contribution is 5.89. The number of rotatable bonds is 3. The van der Waals surface area contributed by atoms with Crippen LogP contribution in [-0.2, 0) is 4.79 Å². The first-order chi connectivity index (χ1) is 5.72. The van der Waals surface area contributed by atoms with E-state index in [-0.39, 0.29) is 5.57 Å². The molecule has 0 amide bonds. The molecule has 0 aliphatic carbocycles. The summed E-state index contributed by atoms with van der Waals surface area (Å²) in [5.74, 6) is -0.916. The Balaban J connectivity index is 0. The summed E-state index contributed by atoms with van der Waals surface area (Å²) in [6.07, 6.45) is 6.15. The number of aliphatic carboxylic acids is 1. The average molecular weight is 168 g/mol. The second-order valence-corrected chi connectivity index (χ2v) is 1.64. The Kier molecular flexibility index (Phi) is 10.7. The predicted octanol–water partition coefficient (Wildman–Crippen LogP) is 2.79. The standard InChI is InChI=1S/C8H10O2.C2H6/c1-3-5-6-7(4-2)8(9)10;1-2/h3-6H,1H2,2H3,(H,9,10);1-2H3/b6-5-,7-4+;. The summed E-state index contributed by atoms with van der Waals surface area (Å²) >= 11 is 0. The van der Waals surface area contributed by atoms with Gasteiger partial charge in [0.15, 0.2) is 0 Å². The number of carboxylic acid groups (broad SMARTS) is 1. The summed E-state index contributed by atoms with van der Waals surface area (Å²) in [4.78, 5) is 10.3. The van der Waals surface area contributed by atoms with Crippen molar-refractivity contribution in [2.24, 2.45) is 0 Å². The Labute approximate surface area is 73.9 Å². The van der Waals surface area contributed by atoms with Crippen LogP contribution in [-0.4, -0.2) is 11.1 Å². The molecule has 0 fully saturated rings. The average Bonchev–Trinajstić information content (AvgIpc) is 2.09. The molecule has 0 saturated carbocycles. The SMILES string of the molecule is C=C/C=C\C(=C/C)C(=O)O.CC. The van der Waals surface area contributed by atoms with E-state index in [9.17, 15) is 4.79 Å². The van der Waals surface area contributed by atoms with Gasteiger partial charge in [-0.1, -0.05) is 38.7 Å². The summed E-state index contributed by atoms with van der Waals surface area (Å²) < 4.78 is 0. The van der Waals surface area contributed by atoms with Crippen molar-refractivity contribution in [1.29, 1.82) is 0 Å². The van der Waals surface area contributed by atoms with E-state index in [1.54, 1.807) is 13.0 Å². The van der Waals surface area contributed by atoms with E-state index >= 15 is 0 Å². The van der Waals surface area contributed by atoms with Gasteiger partial charge in [-0.15, -0.1) is 0 Å². The molecule has 0 aliphatic heterocycles. The summed E-state index contributed by atoms with van der Waals surface area (Å²) in [5.41, 5.74) is 0.278. The molecule has 0 unspecified atom stereocenters. The highest BCUT2D eigenvalue weighted by Gasteiger charge is 1.97. The maximum atomic E-state index is 10.3. The van der Waals surface area contributed by atoms with Gasteiger partial charge in [-0.05, 0) is 13.0 Å². The van der Waals surface area contributed by atoms with Crippen molar-refractivity contribution < 1.29 is 9.90 Å². The van der Waals surface area contributed by atoms with Crippen LogP contribution in [0.5, 0.6) is 0 Å². The molecule has 0 rings (SSSR count). The van der Waals surface area contributed by atoms with Crippen LogP contribution in [0.4, 0.5) is 0 Å².